The fourth-order valence-corrected chi connectivity index (χ4v) is 3.70. The molecule has 5 heteroatoms. The molecule has 0 atom stereocenters. The Kier molecular flexibility index (Phi) is 4.39. The van der Waals surface area contributed by atoms with Crippen LogP contribution in [-0.2, 0) is 46.8 Å². The van der Waals surface area contributed by atoms with Crippen molar-refractivity contribution in [3.05, 3.63) is 52.8 Å². The zero-order valence-corrected chi connectivity index (χ0v) is 14.2. The van der Waals surface area contributed by atoms with Crippen molar-refractivity contribution in [2.45, 2.75) is 51.7 Å². The van der Waals surface area contributed by atoms with E-state index in [0.717, 1.165) is 31.4 Å². The molecule has 2 aromatic rings. The minimum absolute atomic E-state index is 0.407. The number of nitrogens with zero attached hydrogens (tertiary/aromatic N) is 2. The Morgan fingerprint density at radius 2 is 2.00 bits per heavy atom. The zero-order chi connectivity index (χ0) is 16.4. The normalized spacial score (nSPS) is 18.9. The highest BCUT2D eigenvalue weighted by Gasteiger charge is 2.42. The van der Waals surface area contributed by atoms with Crippen LogP contribution >= 0.6 is 0 Å². The molecule has 1 aliphatic carbocycles. The molecule has 1 fully saturated rings. The number of hydrogen-bond acceptors (Lipinski definition) is 4. The molecule has 1 spiro atoms. The van der Waals surface area contributed by atoms with E-state index in [9.17, 15) is 0 Å². The minimum Gasteiger partial charge on any atom is -0.355 e. The summed E-state index contributed by atoms with van der Waals surface area (Å²) in [6.07, 6.45) is 3.55. The van der Waals surface area contributed by atoms with Gasteiger partial charge in [-0.15, -0.1) is 0 Å². The zero-order valence-electron chi connectivity index (χ0n) is 14.2. The van der Waals surface area contributed by atoms with Crippen molar-refractivity contribution in [1.82, 2.24) is 9.78 Å². The maximum Gasteiger partial charge on any atom is 0.172 e. The van der Waals surface area contributed by atoms with Crippen molar-refractivity contribution in [3.8, 4) is 0 Å². The van der Waals surface area contributed by atoms with Crippen LogP contribution < -0.4 is 0 Å². The maximum absolute atomic E-state index is 5.90. The molecule has 2 aliphatic rings. The molecule has 24 heavy (non-hydrogen) atoms. The van der Waals surface area contributed by atoms with Gasteiger partial charge in [0, 0.05) is 24.1 Å². The van der Waals surface area contributed by atoms with E-state index in [4.69, 9.17) is 19.3 Å². The van der Waals surface area contributed by atoms with Gasteiger partial charge in [-0.25, -0.2) is 4.68 Å². The Hall–Kier alpha value is -1.69. The number of hydrogen-bond donors (Lipinski definition) is 0. The highest BCUT2D eigenvalue weighted by molar-refractivity contribution is 5.31. The van der Waals surface area contributed by atoms with Crippen LogP contribution in [0, 0.1) is 0 Å². The number of ether oxygens (including phenoxy) is 3. The van der Waals surface area contributed by atoms with Crippen molar-refractivity contribution in [2.24, 2.45) is 0 Å². The lowest BCUT2D eigenvalue weighted by molar-refractivity contribution is -0.164. The molecule has 128 valence electrons. The molecule has 1 aliphatic heterocycles. The van der Waals surface area contributed by atoms with Crippen molar-refractivity contribution < 1.29 is 14.2 Å². The van der Waals surface area contributed by atoms with Gasteiger partial charge in [0.25, 0.3) is 0 Å². The van der Waals surface area contributed by atoms with Gasteiger partial charge in [0.15, 0.2) is 5.79 Å². The van der Waals surface area contributed by atoms with E-state index in [0.29, 0.717) is 26.6 Å². The van der Waals surface area contributed by atoms with Crippen molar-refractivity contribution in [2.75, 3.05) is 13.2 Å². The van der Waals surface area contributed by atoms with Crippen LogP contribution in [0.1, 0.15) is 35.9 Å². The number of benzene rings is 1. The Morgan fingerprint density at radius 3 is 2.75 bits per heavy atom. The summed E-state index contributed by atoms with van der Waals surface area (Å²) in [6.45, 7) is 4.64. The lowest BCUT2D eigenvalue weighted by Gasteiger charge is -2.31. The lowest BCUT2D eigenvalue weighted by atomic mass is 9.90. The van der Waals surface area contributed by atoms with Crippen LogP contribution in [0.15, 0.2) is 30.3 Å². The predicted octanol–water partition coefficient (Wildman–Crippen LogP) is 2.85. The average Bonchev–Trinajstić information content (AvgIpc) is 3.21. The number of aryl methyl sites for hydroxylation is 1. The molecule has 5 nitrogen and oxygen atoms in total. The molecule has 0 unspecified atom stereocenters. The summed E-state index contributed by atoms with van der Waals surface area (Å²) in [4.78, 5) is 0. The van der Waals surface area contributed by atoms with E-state index in [1.165, 1.54) is 16.8 Å². The van der Waals surface area contributed by atoms with E-state index >= 15 is 0 Å². The van der Waals surface area contributed by atoms with Gasteiger partial charge >= 0.3 is 0 Å². The summed E-state index contributed by atoms with van der Waals surface area (Å²) in [5, 5.41) is 4.78. The minimum atomic E-state index is -0.407. The van der Waals surface area contributed by atoms with Crippen molar-refractivity contribution in [3.63, 3.8) is 0 Å². The first-order valence-corrected chi connectivity index (χ1v) is 8.77. The summed E-state index contributed by atoms with van der Waals surface area (Å²) in [6, 6.07) is 10.2. The van der Waals surface area contributed by atoms with E-state index in [-0.39, 0.29) is 0 Å². The lowest BCUT2D eigenvalue weighted by Crippen LogP contribution is -2.37. The van der Waals surface area contributed by atoms with E-state index < -0.39 is 5.79 Å². The van der Waals surface area contributed by atoms with Gasteiger partial charge in [0.2, 0.25) is 0 Å². The number of aromatic nitrogens is 2. The molecule has 1 aromatic carbocycles. The van der Waals surface area contributed by atoms with Crippen molar-refractivity contribution >= 4 is 0 Å². The molecule has 0 radical (unpaired) electrons. The average molecular weight is 328 g/mol. The second-order valence-corrected chi connectivity index (χ2v) is 6.47. The largest absolute Gasteiger partial charge is 0.355 e. The van der Waals surface area contributed by atoms with Crippen LogP contribution in [0.2, 0.25) is 0 Å². The topological polar surface area (TPSA) is 45.5 Å². The molecule has 0 bridgehead atoms. The Bertz CT molecular complexity index is 690. The standard InChI is InChI=1S/C19H24N2O3/c1-2-17-16-12-19(23-10-11-24-19)9-8-18(16)21(20-17)14-22-13-15-6-4-3-5-7-15/h3-7H,2,8-14H2,1H3. The first-order valence-electron chi connectivity index (χ1n) is 8.77. The fraction of sp³-hybridized carbons (Fsp3) is 0.526. The van der Waals surface area contributed by atoms with E-state index in [1.54, 1.807) is 0 Å². The third kappa shape index (κ3) is 2.99. The Labute approximate surface area is 142 Å². The second-order valence-electron chi connectivity index (χ2n) is 6.47. The van der Waals surface area contributed by atoms with Crippen molar-refractivity contribution in [1.29, 1.82) is 0 Å². The molecule has 0 saturated carbocycles. The Balaban J connectivity index is 1.48. The van der Waals surface area contributed by atoms with Crippen LogP contribution in [0.4, 0.5) is 0 Å². The summed E-state index contributed by atoms with van der Waals surface area (Å²) >= 11 is 0. The fourth-order valence-electron chi connectivity index (χ4n) is 3.70. The van der Waals surface area contributed by atoms with Crippen LogP contribution in [-0.4, -0.2) is 28.8 Å². The van der Waals surface area contributed by atoms with Crippen LogP contribution in [0.5, 0.6) is 0 Å². The molecule has 1 saturated heterocycles. The van der Waals surface area contributed by atoms with Crippen LogP contribution in [0.25, 0.3) is 0 Å². The SMILES string of the molecule is CCc1nn(COCc2ccccc2)c2c1CC1(CC2)OCCO1. The highest BCUT2D eigenvalue weighted by Crippen LogP contribution is 2.36. The smallest absolute Gasteiger partial charge is 0.172 e. The molecule has 2 heterocycles. The number of fused-ring (bicyclic) bond motifs is 1. The molecular weight excluding hydrogens is 304 g/mol. The maximum atomic E-state index is 5.90. The quantitative estimate of drug-likeness (QED) is 0.847. The van der Waals surface area contributed by atoms with Gasteiger partial charge in [-0.1, -0.05) is 37.3 Å². The summed E-state index contributed by atoms with van der Waals surface area (Å²) in [7, 11) is 0. The van der Waals surface area contributed by atoms with Gasteiger partial charge in [0.05, 0.1) is 25.5 Å². The predicted molar refractivity (Wildman–Crippen MR) is 89.5 cm³/mol. The Morgan fingerprint density at radius 1 is 1.21 bits per heavy atom. The molecule has 1 aromatic heterocycles. The summed E-state index contributed by atoms with van der Waals surface area (Å²) < 4.78 is 19.7. The van der Waals surface area contributed by atoms with Gasteiger partial charge in [-0.05, 0) is 18.4 Å². The van der Waals surface area contributed by atoms with E-state index in [1.807, 2.05) is 22.9 Å². The van der Waals surface area contributed by atoms with Gasteiger partial charge in [-0.3, -0.25) is 0 Å². The monoisotopic (exact) mass is 328 g/mol. The van der Waals surface area contributed by atoms with Gasteiger partial charge < -0.3 is 14.2 Å². The second kappa shape index (κ2) is 6.67. The first kappa shape index (κ1) is 15.8. The molecule has 4 rings (SSSR count). The van der Waals surface area contributed by atoms with E-state index in [2.05, 4.69) is 19.1 Å². The summed E-state index contributed by atoms with van der Waals surface area (Å²) in [5.41, 5.74) is 4.91. The molecule has 0 amide bonds. The van der Waals surface area contributed by atoms with Gasteiger partial charge in [0.1, 0.15) is 6.73 Å². The van der Waals surface area contributed by atoms with Gasteiger partial charge in [-0.2, -0.15) is 5.10 Å². The molecular formula is C19H24N2O3. The number of rotatable bonds is 5. The highest BCUT2D eigenvalue weighted by atomic mass is 16.7. The molecule has 0 N–H and O–H groups in total. The first-order chi connectivity index (χ1) is 11.8. The van der Waals surface area contributed by atoms with Crippen LogP contribution in [0.3, 0.4) is 0 Å². The summed E-state index contributed by atoms with van der Waals surface area (Å²) in [5.74, 6) is -0.407. The third-order valence-corrected chi connectivity index (χ3v) is 4.91. The third-order valence-electron chi connectivity index (χ3n) is 4.91.